The second-order valence-electron chi connectivity index (χ2n) is 3.73. The number of rotatable bonds is 7. The van der Waals surface area contributed by atoms with Crippen LogP contribution < -0.4 is 10.6 Å². The average molecular weight is 300 g/mol. The van der Waals surface area contributed by atoms with Crippen molar-refractivity contribution in [2.24, 2.45) is 0 Å². The van der Waals surface area contributed by atoms with E-state index in [-0.39, 0.29) is 10.6 Å². The van der Waals surface area contributed by atoms with Gasteiger partial charge in [0, 0.05) is 30.0 Å². The topological polar surface area (TPSA) is 75.8 Å². The van der Waals surface area contributed by atoms with Gasteiger partial charge in [-0.05, 0) is 18.2 Å². The molecule has 5 nitrogen and oxygen atoms in total. The number of nitrogens with two attached hydrogens (primary N) is 1. The van der Waals surface area contributed by atoms with Crippen molar-refractivity contribution in [3.8, 4) is 0 Å². The van der Waals surface area contributed by atoms with Gasteiger partial charge in [-0.25, -0.2) is 9.47 Å². The number of benzene rings is 1. The zero-order valence-electron chi connectivity index (χ0n) is 10.3. The van der Waals surface area contributed by atoms with E-state index < -0.39 is 8.77 Å². The smallest absolute Gasteiger partial charge is 0.204 e. The standard InChI is InChI=1S/C12H16N2O3S2/c1-3-7-14(8-4-2)10-5-6-11(13)12(9-10)19(16,18)17-15/h3-6,9,15H,1-2,7-8,13H2. The molecule has 1 rings (SSSR count). The summed E-state index contributed by atoms with van der Waals surface area (Å²) in [6, 6.07) is 4.86. The third kappa shape index (κ3) is 3.77. The molecule has 0 bridgehead atoms. The lowest BCUT2D eigenvalue weighted by Gasteiger charge is -2.22. The second kappa shape index (κ2) is 6.67. The molecule has 1 aromatic carbocycles. The molecule has 0 aliphatic rings. The van der Waals surface area contributed by atoms with Crippen LogP contribution in [0.4, 0.5) is 11.4 Å². The molecular weight excluding hydrogens is 284 g/mol. The van der Waals surface area contributed by atoms with Gasteiger partial charge in [0.2, 0.25) is 8.77 Å². The van der Waals surface area contributed by atoms with Gasteiger partial charge in [-0.3, -0.25) is 0 Å². The van der Waals surface area contributed by atoms with E-state index in [9.17, 15) is 4.21 Å². The molecule has 0 saturated carbocycles. The van der Waals surface area contributed by atoms with E-state index >= 15 is 0 Å². The van der Waals surface area contributed by atoms with Crippen LogP contribution in [-0.4, -0.2) is 22.6 Å². The van der Waals surface area contributed by atoms with Crippen molar-refractivity contribution in [3.05, 3.63) is 43.5 Å². The Bertz CT molecular complexity index is 560. The van der Waals surface area contributed by atoms with Crippen LogP contribution in [0.3, 0.4) is 0 Å². The number of hydrogen-bond acceptors (Lipinski definition) is 6. The highest BCUT2D eigenvalue weighted by Gasteiger charge is 2.16. The van der Waals surface area contributed by atoms with Gasteiger partial charge in [-0.1, -0.05) is 12.2 Å². The second-order valence-corrected chi connectivity index (χ2v) is 6.55. The summed E-state index contributed by atoms with van der Waals surface area (Å²) in [5, 5.41) is 8.63. The quantitative estimate of drug-likeness (QED) is 0.347. The molecule has 1 atom stereocenters. The minimum absolute atomic E-state index is 0.0839. The molecule has 1 unspecified atom stereocenters. The minimum atomic E-state index is -3.43. The zero-order valence-corrected chi connectivity index (χ0v) is 12.0. The van der Waals surface area contributed by atoms with Crippen molar-refractivity contribution in [2.75, 3.05) is 23.7 Å². The van der Waals surface area contributed by atoms with Gasteiger partial charge < -0.3 is 10.6 Å². The van der Waals surface area contributed by atoms with Gasteiger partial charge in [0.25, 0.3) is 0 Å². The summed E-state index contributed by atoms with van der Waals surface area (Å²) in [5.41, 5.74) is 6.64. The third-order valence-corrected chi connectivity index (χ3v) is 4.24. The molecule has 0 amide bonds. The Morgan fingerprint density at radius 3 is 2.47 bits per heavy atom. The highest BCUT2D eigenvalue weighted by molar-refractivity contribution is 8.30. The summed E-state index contributed by atoms with van der Waals surface area (Å²) in [6.45, 7) is 8.50. The van der Waals surface area contributed by atoms with Crippen molar-refractivity contribution < 1.29 is 13.8 Å². The molecule has 1 aromatic rings. The zero-order chi connectivity index (χ0) is 14.5. The highest BCUT2D eigenvalue weighted by atomic mass is 32.8. The number of nitrogens with zero attached hydrogens (tertiary/aromatic N) is 1. The Morgan fingerprint density at radius 1 is 1.42 bits per heavy atom. The van der Waals surface area contributed by atoms with Gasteiger partial charge in [0.15, 0.2) is 0 Å². The Balaban J connectivity index is 3.27. The molecule has 0 aliphatic heterocycles. The van der Waals surface area contributed by atoms with Crippen LogP contribution in [0, 0.1) is 0 Å². The van der Waals surface area contributed by atoms with E-state index in [4.69, 9.17) is 22.2 Å². The summed E-state index contributed by atoms with van der Waals surface area (Å²) < 4.78 is 15.7. The molecule has 19 heavy (non-hydrogen) atoms. The molecule has 0 fully saturated rings. The van der Waals surface area contributed by atoms with Gasteiger partial charge in [0.1, 0.15) is 0 Å². The van der Waals surface area contributed by atoms with Crippen LogP contribution in [0.5, 0.6) is 0 Å². The lowest BCUT2D eigenvalue weighted by molar-refractivity contribution is -0.124. The summed E-state index contributed by atoms with van der Waals surface area (Å²) in [6.07, 6.45) is 3.46. The van der Waals surface area contributed by atoms with Crippen LogP contribution in [0.25, 0.3) is 0 Å². The lowest BCUT2D eigenvalue weighted by Crippen LogP contribution is -2.23. The predicted octanol–water partition coefficient (Wildman–Crippen LogP) is 1.96. The maximum absolute atomic E-state index is 11.9. The van der Waals surface area contributed by atoms with E-state index in [0.29, 0.717) is 13.1 Å². The van der Waals surface area contributed by atoms with Crippen molar-refractivity contribution >= 4 is 31.3 Å². The maximum Gasteiger partial charge on any atom is 0.204 e. The van der Waals surface area contributed by atoms with Gasteiger partial charge in [0.05, 0.1) is 10.6 Å². The van der Waals surface area contributed by atoms with E-state index in [0.717, 1.165) is 5.69 Å². The van der Waals surface area contributed by atoms with E-state index in [1.807, 2.05) is 4.90 Å². The third-order valence-electron chi connectivity index (χ3n) is 2.43. The van der Waals surface area contributed by atoms with Crippen LogP contribution in [0.15, 0.2) is 48.4 Å². The fourth-order valence-corrected chi connectivity index (χ4v) is 2.71. The van der Waals surface area contributed by atoms with E-state index in [2.05, 4.69) is 17.5 Å². The largest absolute Gasteiger partial charge is 0.398 e. The Hall–Kier alpha value is -1.41. The Kier molecular flexibility index (Phi) is 5.49. The SMILES string of the molecule is C=CCN(CC=C)c1ccc(N)c(S(=O)(=S)OO)c1. The van der Waals surface area contributed by atoms with Gasteiger partial charge >= 0.3 is 0 Å². The van der Waals surface area contributed by atoms with Crippen LogP contribution in [0.1, 0.15) is 0 Å². The molecule has 0 saturated heterocycles. The van der Waals surface area contributed by atoms with E-state index in [1.165, 1.54) is 6.07 Å². The fraction of sp³-hybridized carbons (Fsp3) is 0.167. The maximum atomic E-state index is 11.9. The van der Waals surface area contributed by atoms with Crippen LogP contribution in [-0.2, 0) is 24.3 Å². The first-order valence-electron chi connectivity index (χ1n) is 5.40. The normalized spacial score (nSPS) is 13.5. The van der Waals surface area contributed by atoms with E-state index in [1.54, 1.807) is 24.3 Å². The minimum Gasteiger partial charge on any atom is -0.398 e. The summed E-state index contributed by atoms with van der Waals surface area (Å²) in [7, 11) is -3.43. The van der Waals surface area contributed by atoms with Crippen LogP contribution in [0.2, 0.25) is 0 Å². The first kappa shape index (κ1) is 15.6. The number of hydrogen-bond donors (Lipinski definition) is 2. The Labute approximate surface area is 117 Å². The van der Waals surface area contributed by atoms with Crippen molar-refractivity contribution in [1.29, 1.82) is 0 Å². The molecule has 0 aliphatic carbocycles. The molecule has 0 heterocycles. The van der Waals surface area contributed by atoms with Crippen molar-refractivity contribution in [2.45, 2.75) is 4.90 Å². The molecule has 0 aromatic heterocycles. The summed E-state index contributed by atoms with van der Waals surface area (Å²) in [4.78, 5) is 2.01. The lowest BCUT2D eigenvalue weighted by atomic mass is 10.2. The van der Waals surface area contributed by atoms with Crippen molar-refractivity contribution in [1.82, 2.24) is 0 Å². The monoisotopic (exact) mass is 300 g/mol. The molecule has 3 N–H and O–H groups in total. The van der Waals surface area contributed by atoms with Crippen molar-refractivity contribution in [3.63, 3.8) is 0 Å². The van der Waals surface area contributed by atoms with Crippen LogP contribution >= 0.6 is 0 Å². The first-order chi connectivity index (χ1) is 8.96. The molecule has 0 radical (unpaired) electrons. The summed E-state index contributed by atoms with van der Waals surface area (Å²) in [5.74, 6) is 0. The highest BCUT2D eigenvalue weighted by Crippen LogP contribution is 2.26. The molecular formula is C12H16N2O3S2. The fourth-order valence-electron chi connectivity index (χ4n) is 1.57. The average Bonchev–Trinajstić information content (AvgIpc) is 2.39. The van der Waals surface area contributed by atoms with Gasteiger partial charge in [-0.2, -0.15) is 0 Å². The number of anilines is 2. The molecule has 104 valence electrons. The molecule has 0 spiro atoms. The first-order valence-corrected chi connectivity index (χ1v) is 7.81. The summed E-state index contributed by atoms with van der Waals surface area (Å²) >= 11 is 4.69. The predicted molar refractivity (Wildman–Crippen MR) is 80.9 cm³/mol. The Morgan fingerprint density at radius 2 is 2.00 bits per heavy atom. The number of nitrogen functional groups attached to an aromatic ring is 1. The molecule has 7 heteroatoms. The van der Waals surface area contributed by atoms with Gasteiger partial charge in [-0.15, -0.1) is 17.5 Å².